The summed E-state index contributed by atoms with van der Waals surface area (Å²) in [7, 11) is 0. The van der Waals surface area contributed by atoms with E-state index < -0.39 is 11.8 Å². The van der Waals surface area contributed by atoms with Crippen LogP contribution in [0.5, 0.6) is 0 Å². The van der Waals surface area contributed by atoms with Crippen molar-refractivity contribution >= 4 is 46.7 Å². The number of nitrogens with zero attached hydrogens (tertiary/aromatic N) is 3. The van der Waals surface area contributed by atoms with Crippen molar-refractivity contribution < 1.29 is 9.59 Å². The third-order valence-corrected chi connectivity index (χ3v) is 3.84. The number of carbonyl (C=O) groups excluding carboxylic acids is 2. The predicted molar refractivity (Wildman–Crippen MR) is 98.6 cm³/mol. The normalized spacial score (nSPS) is 10.2. The van der Waals surface area contributed by atoms with Crippen molar-refractivity contribution in [1.82, 2.24) is 15.0 Å². The van der Waals surface area contributed by atoms with Gasteiger partial charge < -0.3 is 10.6 Å². The van der Waals surface area contributed by atoms with E-state index in [4.69, 9.17) is 23.2 Å². The van der Waals surface area contributed by atoms with Gasteiger partial charge in [0.15, 0.2) is 0 Å². The Morgan fingerprint density at radius 1 is 0.731 bits per heavy atom. The standard InChI is InChI=1S/C17H11Cl2N5O2/c18-14-10(4-2-8-20-14)16(25)23-12-6-1-7-13(22-12)24-17(26)11-5-3-9-21-15(11)19/h1-9H,(H2,22,23,24,25,26). The lowest BCUT2D eigenvalue weighted by Crippen LogP contribution is -2.16. The lowest BCUT2D eigenvalue weighted by Gasteiger charge is -2.09. The van der Waals surface area contributed by atoms with Crippen molar-refractivity contribution in [3.8, 4) is 0 Å². The van der Waals surface area contributed by atoms with Gasteiger partial charge in [0.05, 0.1) is 11.1 Å². The molecule has 0 unspecified atom stereocenters. The van der Waals surface area contributed by atoms with Crippen molar-refractivity contribution in [1.29, 1.82) is 0 Å². The fraction of sp³-hybridized carbons (Fsp3) is 0. The van der Waals surface area contributed by atoms with E-state index in [1.807, 2.05) is 0 Å². The smallest absolute Gasteiger partial charge is 0.259 e. The first kappa shape index (κ1) is 17.8. The van der Waals surface area contributed by atoms with Crippen molar-refractivity contribution in [2.24, 2.45) is 0 Å². The molecule has 3 aromatic rings. The van der Waals surface area contributed by atoms with Crippen LogP contribution in [-0.2, 0) is 0 Å². The first-order chi connectivity index (χ1) is 12.5. The summed E-state index contributed by atoms with van der Waals surface area (Å²) in [6.07, 6.45) is 2.97. The highest BCUT2D eigenvalue weighted by Gasteiger charge is 2.14. The maximum Gasteiger partial charge on any atom is 0.259 e. The fourth-order valence-corrected chi connectivity index (χ4v) is 2.46. The third kappa shape index (κ3) is 4.14. The summed E-state index contributed by atoms with van der Waals surface area (Å²) in [4.78, 5) is 36.4. The van der Waals surface area contributed by atoms with E-state index in [0.29, 0.717) is 0 Å². The fourth-order valence-electron chi connectivity index (χ4n) is 2.05. The van der Waals surface area contributed by atoms with Crippen LogP contribution in [0, 0.1) is 0 Å². The molecular formula is C17H11Cl2N5O2. The van der Waals surface area contributed by atoms with Crippen molar-refractivity contribution in [2.75, 3.05) is 10.6 Å². The Hall–Kier alpha value is -3.03. The molecular weight excluding hydrogens is 377 g/mol. The molecule has 0 aliphatic carbocycles. The predicted octanol–water partition coefficient (Wildman–Crippen LogP) is 3.68. The SMILES string of the molecule is O=C(Nc1cccc(NC(=O)c2cccnc2Cl)n1)c1cccnc1Cl. The molecule has 0 saturated carbocycles. The summed E-state index contributed by atoms with van der Waals surface area (Å²) in [5.74, 6) is -0.446. The van der Waals surface area contributed by atoms with Crippen LogP contribution in [0.15, 0.2) is 54.9 Å². The van der Waals surface area contributed by atoms with E-state index in [1.165, 1.54) is 12.4 Å². The number of pyridine rings is 3. The molecule has 0 aliphatic heterocycles. The molecule has 0 spiro atoms. The molecule has 0 bridgehead atoms. The minimum absolute atomic E-state index is 0.0840. The minimum Gasteiger partial charge on any atom is -0.306 e. The summed E-state index contributed by atoms with van der Waals surface area (Å²) in [6.45, 7) is 0. The zero-order valence-electron chi connectivity index (χ0n) is 13.1. The summed E-state index contributed by atoms with van der Waals surface area (Å²) < 4.78 is 0. The molecule has 0 saturated heterocycles. The van der Waals surface area contributed by atoms with Crippen LogP contribution < -0.4 is 10.6 Å². The van der Waals surface area contributed by atoms with Crippen LogP contribution in [0.4, 0.5) is 11.6 Å². The topological polar surface area (TPSA) is 96.9 Å². The Balaban J connectivity index is 1.74. The number of nitrogens with one attached hydrogen (secondary N) is 2. The zero-order chi connectivity index (χ0) is 18.5. The molecule has 3 aromatic heterocycles. The second-order valence-corrected chi connectivity index (χ2v) is 5.72. The number of amides is 2. The second kappa shape index (κ2) is 7.90. The van der Waals surface area contributed by atoms with Crippen LogP contribution in [0.3, 0.4) is 0 Å². The van der Waals surface area contributed by atoms with Crippen molar-refractivity contribution in [2.45, 2.75) is 0 Å². The van der Waals surface area contributed by atoms with Gasteiger partial charge >= 0.3 is 0 Å². The molecule has 2 amide bonds. The summed E-state index contributed by atoms with van der Waals surface area (Å²) >= 11 is 11.8. The molecule has 7 nitrogen and oxygen atoms in total. The highest BCUT2D eigenvalue weighted by molar-refractivity contribution is 6.33. The van der Waals surface area contributed by atoms with Crippen LogP contribution in [0.25, 0.3) is 0 Å². The van der Waals surface area contributed by atoms with Crippen LogP contribution in [-0.4, -0.2) is 26.8 Å². The highest BCUT2D eigenvalue weighted by Crippen LogP contribution is 2.17. The van der Waals surface area contributed by atoms with Gasteiger partial charge in [-0.3, -0.25) is 9.59 Å². The van der Waals surface area contributed by atoms with E-state index in [1.54, 1.807) is 42.5 Å². The molecule has 0 aromatic carbocycles. The number of hydrogen-bond donors (Lipinski definition) is 2. The lowest BCUT2D eigenvalue weighted by atomic mass is 10.2. The maximum absolute atomic E-state index is 12.2. The minimum atomic E-state index is -0.464. The van der Waals surface area contributed by atoms with Gasteiger partial charge in [-0.15, -0.1) is 0 Å². The summed E-state index contributed by atoms with van der Waals surface area (Å²) in [5, 5.41) is 5.37. The Morgan fingerprint density at radius 3 is 1.62 bits per heavy atom. The first-order valence-electron chi connectivity index (χ1n) is 7.35. The molecule has 2 N–H and O–H groups in total. The molecule has 0 radical (unpaired) electrons. The first-order valence-corrected chi connectivity index (χ1v) is 8.11. The van der Waals surface area contributed by atoms with Crippen LogP contribution in [0.1, 0.15) is 20.7 Å². The van der Waals surface area contributed by atoms with E-state index in [0.717, 1.165) is 0 Å². The van der Waals surface area contributed by atoms with Crippen molar-refractivity contribution in [3.05, 3.63) is 76.3 Å². The number of anilines is 2. The molecule has 0 atom stereocenters. The molecule has 3 heterocycles. The van der Waals surface area contributed by atoms with Crippen molar-refractivity contribution in [3.63, 3.8) is 0 Å². The molecule has 9 heteroatoms. The van der Waals surface area contributed by atoms with Gasteiger partial charge in [0.25, 0.3) is 11.8 Å². The maximum atomic E-state index is 12.2. The number of halogens is 2. The molecule has 0 fully saturated rings. The van der Waals surface area contributed by atoms with Gasteiger partial charge in [0.2, 0.25) is 0 Å². The molecule has 0 aliphatic rings. The van der Waals surface area contributed by atoms with Gasteiger partial charge in [0, 0.05) is 12.4 Å². The third-order valence-electron chi connectivity index (χ3n) is 3.24. The van der Waals surface area contributed by atoms with Crippen LogP contribution >= 0.6 is 23.2 Å². The second-order valence-electron chi connectivity index (χ2n) is 5.00. The summed E-state index contributed by atoms with van der Waals surface area (Å²) in [6, 6.07) is 11.1. The highest BCUT2D eigenvalue weighted by atomic mass is 35.5. The number of hydrogen-bond acceptors (Lipinski definition) is 5. The van der Waals surface area contributed by atoms with Gasteiger partial charge in [-0.05, 0) is 36.4 Å². The lowest BCUT2D eigenvalue weighted by molar-refractivity contribution is 0.101. The van der Waals surface area contributed by atoms with Gasteiger partial charge in [0.1, 0.15) is 21.9 Å². The number of aromatic nitrogens is 3. The Bertz CT molecular complexity index is 906. The monoisotopic (exact) mass is 387 g/mol. The van der Waals surface area contributed by atoms with Gasteiger partial charge in [-0.2, -0.15) is 0 Å². The van der Waals surface area contributed by atoms with Crippen LogP contribution in [0.2, 0.25) is 10.3 Å². The Labute approximate surface area is 158 Å². The summed E-state index contributed by atoms with van der Waals surface area (Å²) in [5.41, 5.74) is 0.431. The molecule has 130 valence electrons. The van der Waals surface area contributed by atoms with Gasteiger partial charge in [-0.25, -0.2) is 15.0 Å². The van der Waals surface area contributed by atoms with Gasteiger partial charge in [-0.1, -0.05) is 29.3 Å². The number of carbonyl (C=O) groups is 2. The Kier molecular flexibility index (Phi) is 5.40. The molecule has 26 heavy (non-hydrogen) atoms. The average molecular weight is 388 g/mol. The average Bonchev–Trinajstić information content (AvgIpc) is 2.62. The van der Waals surface area contributed by atoms with E-state index >= 15 is 0 Å². The number of rotatable bonds is 4. The molecule has 3 rings (SSSR count). The quantitative estimate of drug-likeness (QED) is 0.665. The zero-order valence-corrected chi connectivity index (χ0v) is 14.6. The Morgan fingerprint density at radius 2 is 1.19 bits per heavy atom. The van der Waals surface area contributed by atoms with E-state index in [-0.39, 0.29) is 33.1 Å². The van der Waals surface area contributed by atoms with E-state index in [2.05, 4.69) is 25.6 Å². The largest absolute Gasteiger partial charge is 0.306 e. The van der Waals surface area contributed by atoms with E-state index in [9.17, 15) is 9.59 Å².